The maximum absolute atomic E-state index is 11.9. The van der Waals surface area contributed by atoms with E-state index in [9.17, 15) is 4.79 Å². The summed E-state index contributed by atoms with van der Waals surface area (Å²) in [7, 11) is 4.95. The van der Waals surface area contributed by atoms with Gasteiger partial charge in [0.15, 0.2) is 11.5 Å². The van der Waals surface area contributed by atoms with Crippen LogP contribution in [0, 0.1) is 3.82 Å². The van der Waals surface area contributed by atoms with Gasteiger partial charge >= 0.3 is 5.97 Å². The predicted molar refractivity (Wildman–Crippen MR) is 165 cm³/mol. The second-order valence-electron chi connectivity index (χ2n) is 9.11. The molecular weight excluding hydrogens is 549 g/mol. The summed E-state index contributed by atoms with van der Waals surface area (Å²) in [6, 6.07) is 15.7. The number of hydrogen-bond acceptors (Lipinski definition) is 8. The molecule has 0 saturated carbocycles. The number of methoxy groups -OCH3 is 1. The molecule has 0 unspecified atom stereocenters. The van der Waals surface area contributed by atoms with Crippen molar-refractivity contribution in [3.05, 3.63) is 64.5 Å². The molecule has 210 valence electrons. The molecule has 3 aromatic rings. The van der Waals surface area contributed by atoms with Crippen LogP contribution < -0.4 is 14.2 Å². The zero-order valence-electron chi connectivity index (χ0n) is 22.9. The van der Waals surface area contributed by atoms with Crippen molar-refractivity contribution in [2.75, 3.05) is 26.9 Å². The number of hydrogen-bond donors (Lipinski definition) is 0. The molecule has 0 amide bonds. The maximum Gasteiger partial charge on any atom is 0.338 e. The van der Waals surface area contributed by atoms with Crippen molar-refractivity contribution in [2.45, 2.75) is 58.3 Å². The minimum atomic E-state index is -0.426. The number of esters is 1. The van der Waals surface area contributed by atoms with Gasteiger partial charge in [0.2, 0.25) is 0 Å². The molecule has 0 saturated heterocycles. The van der Waals surface area contributed by atoms with E-state index in [0.717, 1.165) is 35.4 Å². The van der Waals surface area contributed by atoms with Crippen LogP contribution in [0.1, 0.15) is 63.9 Å². The topological polar surface area (TPSA) is 54.0 Å². The molecule has 0 N–H and O–H groups in total. The maximum atomic E-state index is 11.9. The van der Waals surface area contributed by atoms with Crippen LogP contribution in [-0.4, -0.2) is 32.9 Å². The fourth-order valence-electron chi connectivity index (χ4n) is 4.04. The first-order valence-corrected chi connectivity index (χ1v) is 16.1. The van der Waals surface area contributed by atoms with Crippen LogP contribution in [0.4, 0.5) is 0 Å². The Balaban J connectivity index is 1.20. The molecule has 0 fully saturated rings. The summed E-state index contributed by atoms with van der Waals surface area (Å²) in [5.74, 6) is 1.76. The lowest BCUT2D eigenvalue weighted by Crippen LogP contribution is -2.06. The second kappa shape index (κ2) is 17.1. The Morgan fingerprint density at radius 1 is 0.821 bits per heavy atom. The zero-order valence-corrected chi connectivity index (χ0v) is 25.3. The van der Waals surface area contributed by atoms with Crippen molar-refractivity contribution in [1.82, 2.24) is 0 Å². The monoisotopic (exact) mass is 586 g/mol. The highest BCUT2D eigenvalue weighted by atomic mass is 32.9. The molecular formula is C31H38O5S3. The molecule has 0 aliphatic carbocycles. The first-order chi connectivity index (χ1) is 19.0. The fourth-order valence-corrected chi connectivity index (χ4v) is 6.44. The molecule has 1 aromatic heterocycles. The molecule has 2 aromatic carbocycles. The highest BCUT2D eigenvalue weighted by Crippen LogP contribution is 2.32. The van der Waals surface area contributed by atoms with Gasteiger partial charge in [-0.1, -0.05) is 84.1 Å². The Hall–Kier alpha value is -2.68. The van der Waals surface area contributed by atoms with Crippen molar-refractivity contribution in [2.24, 2.45) is 0 Å². The third-order valence-corrected chi connectivity index (χ3v) is 9.11. The molecule has 0 atom stereocenters. The number of ether oxygens (including phenoxy) is 4. The number of carbonyl (C=O) groups is 1. The number of rotatable bonds is 18. The SMILES string of the molecule is C=C(C(=O)OCC)c1ccc(OCCCCCCCCCCOc2ccc(-c3cc(=S)ss3)cc2)c(OC)c1. The number of benzene rings is 2. The minimum absolute atomic E-state index is 0.307. The molecule has 0 aliphatic rings. The largest absolute Gasteiger partial charge is 0.494 e. The average Bonchev–Trinajstić information content (AvgIpc) is 3.39. The molecule has 0 aliphatic heterocycles. The Bertz CT molecular complexity index is 1230. The Labute approximate surface area is 244 Å². The Morgan fingerprint density at radius 2 is 1.46 bits per heavy atom. The van der Waals surface area contributed by atoms with E-state index in [0.29, 0.717) is 35.8 Å². The number of unbranched alkanes of at least 4 members (excludes halogenated alkanes) is 7. The van der Waals surface area contributed by atoms with Gasteiger partial charge < -0.3 is 18.9 Å². The third kappa shape index (κ3) is 10.4. The van der Waals surface area contributed by atoms with Crippen LogP contribution in [0.3, 0.4) is 0 Å². The summed E-state index contributed by atoms with van der Waals surface area (Å²) in [6.07, 6.45) is 9.34. The summed E-state index contributed by atoms with van der Waals surface area (Å²) in [4.78, 5) is 13.1. The molecule has 0 radical (unpaired) electrons. The van der Waals surface area contributed by atoms with E-state index in [-0.39, 0.29) is 0 Å². The smallest absolute Gasteiger partial charge is 0.338 e. The average molecular weight is 587 g/mol. The Morgan fingerprint density at radius 3 is 2.05 bits per heavy atom. The molecule has 1 heterocycles. The summed E-state index contributed by atoms with van der Waals surface area (Å²) in [5.41, 5.74) is 2.17. The molecule has 8 heteroatoms. The molecule has 0 spiro atoms. The van der Waals surface area contributed by atoms with E-state index in [1.54, 1.807) is 40.8 Å². The highest BCUT2D eigenvalue weighted by molar-refractivity contribution is 7.80. The first-order valence-electron chi connectivity index (χ1n) is 13.5. The van der Waals surface area contributed by atoms with E-state index in [2.05, 4.69) is 24.8 Å². The zero-order chi connectivity index (χ0) is 27.9. The van der Waals surface area contributed by atoms with E-state index < -0.39 is 5.97 Å². The van der Waals surface area contributed by atoms with Gasteiger partial charge in [0.05, 0.1) is 32.5 Å². The lowest BCUT2D eigenvalue weighted by atomic mass is 10.1. The van der Waals surface area contributed by atoms with Gasteiger partial charge in [-0.05, 0) is 73.4 Å². The van der Waals surface area contributed by atoms with Crippen LogP contribution in [0.25, 0.3) is 16.0 Å². The molecule has 39 heavy (non-hydrogen) atoms. The van der Waals surface area contributed by atoms with E-state index in [4.69, 9.17) is 31.2 Å². The summed E-state index contributed by atoms with van der Waals surface area (Å²) >= 11 is 5.22. The van der Waals surface area contributed by atoms with Gasteiger partial charge in [-0.2, -0.15) is 0 Å². The number of carbonyl (C=O) groups excluding carboxylic acids is 1. The molecule has 3 rings (SSSR count). The van der Waals surface area contributed by atoms with Crippen molar-refractivity contribution >= 4 is 44.4 Å². The van der Waals surface area contributed by atoms with E-state index in [1.807, 2.05) is 24.3 Å². The summed E-state index contributed by atoms with van der Waals surface area (Å²) < 4.78 is 23.2. The van der Waals surface area contributed by atoms with Gasteiger partial charge in [0.25, 0.3) is 0 Å². The van der Waals surface area contributed by atoms with Crippen molar-refractivity contribution in [3.63, 3.8) is 0 Å². The normalized spacial score (nSPS) is 10.7. The molecule has 0 bridgehead atoms. The first kappa shape index (κ1) is 30.9. The highest BCUT2D eigenvalue weighted by Gasteiger charge is 2.14. The summed E-state index contributed by atoms with van der Waals surface area (Å²) in [5, 5.41) is 0. The third-order valence-electron chi connectivity index (χ3n) is 6.20. The van der Waals surface area contributed by atoms with Gasteiger partial charge in [-0.3, -0.25) is 0 Å². The lowest BCUT2D eigenvalue weighted by Gasteiger charge is -2.13. The lowest BCUT2D eigenvalue weighted by molar-refractivity contribution is -0.136. The van der Waals surface area contributed by atoms with Crippen molar-refractivity contribution in [1.29, 1.82) is 0 Å². The second-order valence-corrected chi connectivity index (χ2v) is 12.0. The van der Waals surface area contributed by atoms with Crippen LogP contribution in [-0.2, 0) is 9.53 Å². The Kier molecular flexibility index (Phi) is 13.5. The van der Waals surface area contributed by atoms with Gasteiger partial charge in [0, 0.05) is 4.88 Å². The fraction of sp³-hybridized carbons (Fsp3) is 0.419. The molecule has 5 nitrogen and oxygen atoms in total. The van der Waals surface area contributed by atoms with E-state index in [1.165, 1.54) is 42.5 Å². The van der Waals surface area contributed by atoms with E-state index >= 15 is 0 Å². The van der Waals surface area contributed by atoms with Crippen molar-refractivity contribution < 1.29 is 23.7 Å². The van der Waals surface area contributed by atoms with Gasteiger partial charge in [0.1, 0.15) is 9.57 Å². The van der Waals surface area contributed by atoms with Crippen LogP contribution in [0.5, 0.6) is 17.2 Å². The van der Waals surface area contributed by atoms with Gasteiger partial charge in [-0.25, -0.2) is 4.79 Å². The van der Waals surface area contributed by atoms with Crippen LogP contribution >= 0.6 is 32.9 Å². The van der Waals surface area contributed by atoms with Gasteiger partial charge in [-0.15, -0.1) is 0 Å². The minimum Gasteiger partial charge on any atom is -0.494 e. The standard InChI is InChI=1S/C31H38O5S3/c1-4-34-31(32)23(2)25-15-18-27(28(21-25)33-3)36-20-12-10-8-6-5-7-9-11-19-35-26-16-13-24(14-17-26)29-22-30(37)39-38-29/h13-18,21-22H,2,4-12,19-20H2,1,3H3. The summed E-state index contributed by atoms with van der Waals surface area (Å²) in [6.45, 7) is 7.30. The predicted octanol–water partition coefficient (Wildman–Crippen LogP) is 9.37. The van der Waals surface area contributed by atoms with Crippen LogP contribution in [0.15, 0.2) is 55.1 Å². The quantitative estimate of drug-likeness (QED) is 0.0487. The van der Waals surface area contributed by atoms with Crippen LogP contribution in [0.2, 0.25) is 0 Å². The van der Waals surface area contributed by atoms with Crippen molar-refractivity contribution in [3.8, 4) is 27.7 Å².